The third-order valence-corrected chi connectivity index (χ3v) is 5.74. The molecule has 4 rings (SSSR count). The zero-order valence-corrected chi connectivity index (χ0v) is 17.3. The summed E-state index contributed by atoms with van der Waals surface area (Å²) in [5.41, 5.74) is 0.894. The number of likely N-dealkylation sites (N-methyl/N-ethyl adjacent to an activating group) is 1. The zero-order valence-electron chi connectivity index (χ0n) is 16.5. The number of aromatic nitrogens is 3. The molecule has 3 aromatic rings. The number of hydrogen-bond acceptors (Lipinski definition) is 7. The first-order chi connectivity index (χ1) is 14.0. The Morgan fingerprint density at radius 1 is 1.28 bits per heavy atom. The Labute approximate surface area is 172 Å². The molecule has 0 spiro atoms. The van der Waals surface area contributed by atoms with Gasteiger partial charge in [0.2, 0.25) is 5.91 Å². The van der Waals surface area contributed by atoms with Crippen molar-refractivity contribution in [1.82, 2.24) is 19.7 Å². The molecule has 152 valence electrons. The predicted octanol–water partition coefficient (Wildman–Crippen LogP) is 2.77. The standard InChI is InChI=1S/C20H22N4O4S/c1-13-15(8-9-26-13)19-21-22-20(24(19)3)29-12-18(25)23(2)10-14-11-27-16-6-4-5-7-17(16)28-14/h4-9,14H,10-12H2,1-3H3/t14-/m0/s1. The molecule has 0 aliphatic carbocycles. The van der Waals surface area contributed by atoms with Gasteiger partial charge >= 0.3 is 0 Å². The molecule has 1 amide bonds. The Balaban J connectivity index is 1.32. The number of benzene rings is 1. The molecule has 0 saturated heterocycles. The average Bonchev–Trinajstić information content (AvgIpc) is 3.30. The topological polar surface area (TPSA) is 82.6 Å². The maximum absolute atomic E-state index is 12.6. The third kappa shape index (κ3) is 4.09. The van der Waals surface area contributed by atoms with Crippen LogP contribution in [0, 0.1) is 6.92 Å². The molecule has 1 aromatic carbocycles. The molecule has 0 bridgehead atoms. The quantitative estimate of drug-likeness (QED) is 0.574. The van der Waals surface area contributed by atoms with E-state index in [2.05, 4.69) is 10.2 Å². The summed E-state index contributed by atoms with van der Waals surface area (Å²) in [6, 6.07) is 9.40. The second kappa shape index (κ2) is 8.20. The fraction of sp³-hybridized carbons (Fsp3) is 0.350. The van der Waals surface area contributed by atoms with Crippen LogP contribution in [0.25, 0.3) is 11.4 Å². The number of nitrogens with zero attached hydrogens (tertiary/aromatic N) is 4. The van der Waals surface area contributed by atoms with Gasteiger partial charge in [-0.1, -0.05) is 23.9 Å². The van der Waals surface area contributed by atoms with Crippen molar-refractivity contribution >= 4 is 17.7 Å². The highest BCUT2D eigenvalue weighted by atomic mass is 32.2. The summed E-state index contributed by atoms with van der Waals surface area (Å²) in [7, 11) is 3.65. The van der Waals surface area contributed by atoms with E-state index in [9.17, 15) is 4.79 Å². The summed E-state index contributed by atoms with van der Waals surface area (Å²) in [5, 5.41) is 9.11. The van der Waals surface area contributed by atoms with Gasteiger partial charge in [0, 0.05) is 14.1 Å². The number of para-hydroxylation sites is 2. The largest absolute Gasteiger partial charge is 0.486 e. The van der Waals surface area contributed by atoms with Crippen molar-refractivity contribution in [3.63, 3.8) is 0 Å². The maximum atomic E-state index is 12.6. The Kier molecular flexibility index (Phi) is 5.48. The molecule has 0 unspecified atom stereocenters. The molecule has 0 radical (unpaired) electrons. The number of hydrogen-bond donors (Lipinski definition) is 0. The van der Waals surface area contributed by atoms with E-state index in [1.165, 1.54) is 11.8 Å². The number of furan rings is 1. The van der Waals surface area contributed by atoms with Gasteiger partial charge in [0.25, 0.3) is 0 Å². The summed E-state index contributed by atoms with van der Waals surface area (Å²) in [6.07, 6.45) is 1.43. The lowest BCUT2D eigenvalue weighted by Crippen LogP contribution is -2.42. The summed E-state index contributed by atoms with van der Waals surface area (Å²) >= 11 is 1.35. The molecule has 3 heterocycles. The minimum Gasteiger partial charge on any atom is -0.486 e. The molecular formula is C20H22N4O4S. The summed E-state index contributed by atoms with van der Waals surface area (Å²) in [6.45, 7) is 2.75. The minimum atomic E-state index is -0.200. The summed E-state index contributed by atoms with van der Waals surface area (Å²) in [5.74, 6) is 3.19. The maximum Gasteiger partial charge on any atom is 0.232 e. The van der Waals surface area contributed by atoms with Crippen LogP contribution in [0.3, 0.4) is 0 Å². The smallest absolute Gasteiger partial charge is 0.232 e. The van der Waals surface area contributed by atoms with Gasteiger partial charge < -0.3 is 23.4 Å². The highest BCUT2D eigenvalue weighted by Gasteiger charge is 2.24. The lowest BCUT2D eigenvalue weighted by atomic mass is 10.2. The van der Waals surface area contributed by atoms with Gasteiger partial charge in [-0.05, 0) is 25.1 Å². The van der Waals surface area contributed by atoms with E-state index in [-0.39, 0.29) is 17.8 Å². The van der Waals surface area contributed by atoms with Gasteiger partial charge in [-0.25, -0.2) is 0 Å². The van der Waals surface area contributed by atoms with Gasteiger partial charge in [-0.2, -0.15) is 0 Å². The molecule has 2 aromatic heterocycles. The number of carbonyl (C=O) groups excluding carboxylic acids is 1. The van der Waals surface area contributed by atoms with Crippen molar-refractivity contribution in [2.75, 3.05) is 26.0 Å². The van der Waals surface area contributed by atoms with Crippen molar-refractivity contribution in [2.24, 2.45) is 7.05 Å². The van der Waals surface area contributed by atoms with Crippen LogP contribution in [0.5, 0.6) is 11.5 Å². The normalized spacial score (nSPS) is 15.3. The van der Waals surface area contributed by atoms with Crippen molar-refractivity contribution in [1.29, 1.82) is 0 Å². The molecule has 9 heteroatoms. The molecule has 1 aliphatic rings. The van der Waals surface area contributed by atoms with E-state index in [1.54, 1.807) is 18.2 Å². The number of rotatable bonds is 6. The van der Waals surface area contributed by atoms with Crippen LogP contribution in [0.4, 0.5) is 0 Å². The first kappa shape index (κ1) is 19.4. The number of fused-ring (bicyclic) bond motifs is 1. The zero-order chi connectivity index (χ0) is 20.4. The molecule has 8 nitrogen and oxygen atoms in total. The molecule has 0 saturated carbocycles. The highest BCUT2D eigenvalue weighted by molar-refractivity contribution is 7.99. The van der Waals surface area contributed by atoms with Gasteiger partial charge in [-0.15, -0.1) is 10.2 Å². The Morgan fingerprint density at radius 3 is 2.83 bits per heavy atom. The minimum absolute atomic E-state index is 0.0125. The van der Waals surface area contributed by atoms with Crippen LogP contribution in [0.1, 0.15) is 5.76 Å². The molecule has 0 N–H and O–H groups in total. The van der Waals surface area contributed by atoms with Crippen molar-refractivity contribution in [3.8, 4) is 22.9 Å². The van der Waals surface area contributed by atoms with Crippen LogP contribution < -0.4 is 9.47 Å². The number of carbonyl (C=O) groups is 1. The molecule has 29 heavy (non-hydrogen) atoms. The monoisotopic (exact) mass is 414 g/mol. The van der Waals surface area contributed by atoms with Crippen molar-refractivity contribution in [3.05, 3.63) is 42.4 Å². The lowest BCUT2D eigenvalue weighted by Gasteiger charge is -2.29. The number of ether oxygens (including phenoxy) is 2. The van der Waals surface area contributed by atoms with Crippen LogP contribution in [0.2, 0.25) is 0 Å². The fourth-order valence-electron chi connectivity index (χ4n) is 3.09. The van der Waals surface area contributed by atoms with E-state index >= 15 is 0 Å². The second-order valence-electron chi connectivity index (χ2n) is 6.82. The first-order valence-electron chi connectivity index (χ1n) is 9.22. The fourth-order valence-corrected chi connectivity index (χ4v) is 3.94. The van der Waals surface area contributed by atoms with Crippen LogP contribution in [0.15, 0.2) is 46.2 Å². The molecule has 1 aliphatic heterocycles. The Hall–Kier alpha value is -2.94. The lowest BCUT2D eigenvalue weighted by molar-refractivity contribution is -0.128. The van der Waals surface area contributed by atoms with Gasteiger partial charge in [0.05, 0.1) is 24.1 Å². The van der Waals surface area contributed by atoms with E-state index in [0.717, 1.165) is 17.1 Å². The van der Waals surface area contributed by atoms with Gasteiger partial charge in [0.1, 0.15) is 12.4 Å². The van der Waals surface area contributed by atoms with E-state index in [1.807, 2.05) is 48.9 Å². The summed E-state index contributed by atoms with van der Waals surface area (Å²) in [4.78, 5) is 14.2. The van der Waals surface area contributed by atoms with E-state index < -0.39 is 0 Å². The Morgan fingerprint density at radius 2 is 2.07 bits per heavy atom. The predicted molar refractivity (Wildman–Crippen MR) is 108 cm³/mol. The van der Waals surface area contributed by atoms with Crippen molar-refractivity contribution in [2.45, 2.75) is 18.2 Å². The average molecular weight is 414 g/mol. The Bertz CT molecular complexity index is 1020. The van der Waals surface area contributed by atoms with Crippen LogP contribution in [-0.4, -0.2) is 57.6 Å². The second-order valence-corrected chi connectivity index (χ2v) is 7.76. The van der Waals surface area contributed by atoms with Crippen LogP contribution in [-0.2, 0) is 11.8 Å². The number of aryl methyl sites for hydroxylation is 1. The molecular weight excluding hydrogens is 392 g/mol. The molecule has 0 fully saturated rings. The molecule has 1 atom stereocenters. The SMILES string of the molecule is Cc1occc1-c1nnc(SCC(=O)N(C)C[C@H]2COc3ccccc3O2)n1C. The summed E-state index contributed by atoms with van der Waals surface area (Å²) < 4.78 is 18.8. The van der Waals surface area contributed by atoms with E-state index in [4.69, 9.17) is 13.9 Å². The van der Waals surface area contributed by atoms with Crippen LogP contribution >= 0.6 is 11.8 Å². The van der Waals surface area contributed by atoms with Gasteiger partial charge in [0.15, 0.2) is 28.6 Å². The third-order valence-electron chi connectivity index (χ3n) is 4.73. The van der Waals surface area contributed by atoms with Gasteiger partial charge in [-0.3, -0.25) is 4.79 Å². The number of thioether (sulfide) groups is 1. The number of amides is 1. The van der Waals surface area contributed by atoms with E-state index in [0.29, 0.717) is 29.9 Å². The highest BCUT2D eigenvalue weighted by Crippen LogP contribution is 2.31. The first-order valence-corrected chi connectivity index (χ1v) is 10.2. The van der Waals surface area contributed by atoms with Crippen molar-refractivity contribution < 1.29 is 18.7 Å².